The van der Waals surface area contributed by atoms with Crippen molar-refractivity contribution >= 4 is 27.5 Å². The van der Waals surface area contributed by atoms with Crippen molar-refractivity contribution in [1.29, 1.82) is 0 Å². The number of nitrogens with one attached hydrogen (secondary N) is 1. The summed E-state index contributed by atoms with van der Waals surface area (Å²) in [6, 6.07) is 4.73. The molecule has 1 rings (SSSR count). The molecule has 1 N–H and O–H groups in total. The van der Waals surface area contributed by atoms with Gasteiger partial charge in [-0.2, -0.15) is 0 Å². The molecule has 1 atom stereocenters. The van der Waals surface area contributed by atoms with Crippen molar-refractivity contribution in [1.82, 2.24) is 5.32 Å². The van der Waals surface area contributed by atoms with E-state index in [4.69, 9.17) is 16.3 Å². The third kappa shape index (κ3) is 4.37. The van der Waals surface area contributed by atoms with Gasteiger partial charge in [-0.3, -0.25) is 0 Å². The zero-order chi connectivity index (χ0) is 12.0. The molecular weight excluding hydrogens is 296 g/mol. The zero-order valence-electron chi connectivity index (χ0n) is 8.97. The van der Waals surface area contributed by atoms with Crippen LogP contribution in [0.1, 0.15) is 5.56 Å². The van der Waals surface area contributed by atoms with Crippen molar-refractivity contribution in [2.45, 2.75) is 12.6 Å². The van der Waals surface area contributed by atoms with E-state index in [0.717, 1.165) is 10.0 Å². The highest BCUT2D eigenvalue weighted by molar-refractivity contribution is 9.10. The molecule has 0 amide bonds. The van der Waals surface area contributed by atoms with Crippen LogP contribution in [0.3, 0.4) is 0 Å². The van der Waals surface area contributed by atoms with E-state index >= 15 is 0 Å². The first-order valence-electron chi connectivity index (χ1n) is 4.89. The minimum atomic E-state index is -0.249. The van der Waals surface area contributed by atoms with Gasteiger partial charge in [0.05, 0.1) is 6.61 Å². The second kappa shape index (κ2) is 7.22. The third-order valence-corrected chi connectivity index (χ3v) is 3.26. The Bertz CT molecular complexity index is 338. The molecule has 1 unspecified atom stereocenters. The molecule has 0 aliphatic heterocycles. The summed E-state index contributed by atoms with van der Waals surface area (Å²) < 4.78 is 18.6. The fourth-order valence-electron chi connectivity index (χ4n) is 1.28. The van der Waals surface area contributed by atoms with Gasteiger partial charge in [-0.05, 0) is 17.7 Å². The normalized spacial score (nSPS) is 12.8. The van der Waals surface area contributed by atoms with Crippen LogP contribution in [0, 0.1) is 5.82 Å². The first-order chi connectivity index (χ1) is 7.67. The highest BCUT2D eigenvalue weighted by atomic mass is 79.9. The number of methoxy groups -OCH3 is 1. The Morgan fingerprint density at radius 3 is 2.88 bits per heavy atom. The Balaban J connectivity index is 2.53. The molecule has 16 heavy (non-hydrogen) atoms. The lowest BCUT2D eigenvalue weighted by molar-refractivity contribution is 0.172. The van der Waals surface area contributed by atoms with Gasteiger partial charge in [0, 0.05) is 30.0 Å². The molecule has 5 heteroatoms. The lowest BCUT2D eigenvalue weighted by atomic mass is 10.2. The quantitative estimate of drug-likeness (QED) is 0.816. The van der Waals surface area contributed by atoms with Gasteiger partial charge < -0.3 is 10.1 Å². The van der Waals surface area contributed by atoms with Crippen molar-refractivity contribution in [3.63, 3.8) is 0 Å². The maximum absolute atomic E-state index is 12.8. The van der Waals surface area contributed by atoms with E-state index in [9.17, 15) is 4.39 Å². The van der Waals surface area contributed by atoms with Crippen molar-refractivity contribution in [2.75, 3.05) is 19.6 Å². The molecule has 1 aromatic rings. The first-order valence-corrected chi connectivity index (χ1v) is 6.22. The molecule has 90 valence electrons. The second-order valence-electron chi connectivity index (χ2n) is 3.42. The van der Waals surface area contributed by atoms with E-state index in [2.05, 4.69) is 21.2 Å². The smallest absolute Gasteiger partial charge is 0.124 e. The third-order valence-electron chi connectivity index (χ3n) is 2.15. The monoisotopic (exact) mass is 309 g/mol. The summed E-state index contributed by atoms with van der Waals surface area (Å²) in [6.07, 6.45) is 0. The van der Waals surface area contributed by atoms with Crippen molar-refractivity contribution in [3.8, 4) is 0 Å². The van der Waals surface area contributed by atoms with Crippen LogP contribution in [-0.4, -0.2) is 25.6 Å². The predicted octanol–water partition coefficient (Wildman–Crippen LogP) is 2.93. The predicted molar refractivity (Wildman–Crippen MR) is 67.3 cm³/mol. The first kappa shape index (κ1) is 13.9. The summed E-state index contributed by atoms with van der Waals surface area (Å²) >= 11 is 9.08. The number of rotatable bonds is 6. The number of alkyl halides is 1. The average Bonchev–Trinajstić information content (AvgIpc) is 2.26. The molecule has 0 bridgehead atoms. The van der Waals surface area contributed by atoms with E-state index < -0.39 is 0 Å². The summed E-state index contributed by atoms with van der Waals surface area (Å²) in [5, 5.41) is 3.24. The van der Waals surface area contributed by atoms with Gasteiger partial charge in [0.1, 0.15) is 5.82 Å². The summed E-state index contributed by atoms with van der Waals surface area (Å²) in [7, 11) is 1.63. The van der Waals surface area contributed by atoms with E-state index in [1.54, 1.807) is 13.2 Å². The zero-order valence-corrected chi connectivity index (χ0v) is 11.3. The van der Waals surface area contributed by atoms with E-state index in [0.29, 0.717) is 19.0 Å². The van der Waals surface area contributed by atoms with E-state index in [1.165, 1.54) is 12.1 Å². The van der Waals surface area contributed by atoms with Crippen molar-refractivity contribution in [3.05, 3.63) is 34.1 Å². The van der Waals surface area contributed by atoms with Crippen LogP contribution in [0.25, 0.3) is 0 Å². The summed E-state index contributed by atoms with van der Waals surface area (Å²) in [5.41, 5.74) is 0.993. The van der Waals surface area contributed by atoms with Gasteiger partial charge in [-0.25, -0.2) is 4.39 Å². The Kier molecular flexibility index (Phi) is 6.28. The molecule has 0 spiro atoms. The maximum Gasteiger partial charge on any atom is 0.124 e. The molecule has 1 aromatic carbocycles. The fraction of sp³-hybridized carbons (Fsp3) is 0.455. The van der Waals surface area contributed by atoms with Crippen LogP contribution in [0.15, 0.2) is 22.7 Å². The lowest BCUT2D eigenvalue weighted by Crippen LogP contribution is -2.34. The molecule has 2 nitrogen and oxygen atoms in total. The van der Waals surface area contributed by atoms with Gasteiger partial charge in [-0.1, -0.05) is 22.0 Å². The number of halogens is 3. The largest absolute Gasteiger partial charge is 0.383 e. The number of hydrogen-bond donors (Lipinski definition) is 1. The molecule has 0 saturated heterocycles. The molecule has 0 fully saturated rings. The molecule has 0 heterocycles. The molecule has 0 aromatic heterocycles. The number of ether oxygens (including phenoxy) is 1. The minimum Gasteiger partial charge on any atom is -0.383 e. The topological polar surface area (TPSA) is 21.3 Å². The van der Waals surface area contributed by atoms with Crippen molar-refractivity contribution in [2.24, 2.45) is 0 Å². The lowest BCUT2D eigenvalue weighted by Gasteiger charge is -2.15. The SMILES string of the molecule is COCC(CCl)NCc1ccc(F)cc1Br. The Morgan fingerprint density at radius 1 is 1.56 bits per heavy atom. The number of hydrogen-bond acceptors (Lipinski definition) is 2. The molecule has 0 saturated carbocycles. The molecule has 0 radical (unpaired) electrons. The average molecular weight is 311 g/mol. The van der Waals surface area contributed by atoms with Gasteiger partial charge >= 0.3 is 0 Å². The molecule has 0 aliphatic rings. The van der Waals surface area contributed by atoms with E-state index in [1.807, 2.05) is 0 Å². The highest BCUT2D eigenvalue weighted by Gasteiger charge is 2.07. The van der Waals surface area contributed by atoms with Crippen LogP contribution in [0.5, 0.6) is 0 Å². The molecular formula is C11H14BrClFNO. The molecule has 0 aliphatic carbocycles. The van der Waals surface area contributed by atoms with Gasteiger partial charge in [-0.15, -0.1) is 11.6 Å². The Morgan fingerprint density at radius 2 is 2.31 bits per heavy atom. The summed E-state index contributed by atoms with van der Waals surface area (Å²) in [6.45, 7) is 1.18. The highest BCUT2D eigenvalue weighted by Crippen LogP contribution is 2.17. The van der Waals surface area contributed by atoms with Gasteiger partial charge in [0.15, 0.2) is 0 Å². The van der Waals surface area contributed by atoms with Gasteiger partial charge in [0.25, 0.3) is 0 Å². The number of benzene rings is 1. The standard InChI is InChI=1S/C11H14BrClFNO/c1-16-7-10(5-13)15-6-8-2-3-9(14)4-11(8)12/h2-4,10,15H,5-7H2,1H3. The second-order valence-corrected chi connectivity index (χ2v) is 4.59. The van der Waals surface area contributed by atoms with Crippen LogP contribution >= 0.6 is 27.5 Å². The summed E-state index contributed by atoms with van der Waals surface area (Å²) in [5.74, 6) is 0.230. The van der Waals surface area contributed by atoms with Crippen molar-refractivity contribution < 1.29 is 9.13 Å². The van der Waals surface area contributed by atoms with E-state index in [-0.39, 0.29) is 11.9 Å². The van der Waals surface area contributed by atoms with Gasteiger partial charge in [0.2, 0.25) is 0 Å². The van der Waals surface area contributed by atoms with Crippen LogP contribution in [0.4, 0.5) is 4.39 Å². The van der Waals surface area contributed by atoms with Crippen LogP contribution in [-0.2, 0) is 11.3 Å². The minimum absolute atomic E-state index is 0.101. The van der Waals surface area contributed by atoms with Crippen LogP contribution in [0.2, 0.25) is 0 Å². The maximum atomic E-state index is 12.8. The Hall–Kier alpha value is -0.160. The summed E-state index contributed by atoms with van der Waals surface area (Å²) in [4.78, 5) is 0. The fourth-order valence-corrected chi connectivity index (χ4v) is 1.97. The Labute approximate surface area is 108 Å². The van der Waals surface area contributed by atoms with Crippen LogP contribution < -0.4 is 5.32 Å².